The standard InChI is InChI=1S/C34H46N4O2/c1-7-35-31-19-26(12-8-9-15-38-16-14-29(39)23-38)32(40-6)21-30(31)24(2)17-25-11-10-13-28(18-25)37-33-20-27(22-36-33)34(3,4)5/h7,10-11,13,18-21,29,39H,2,8-9,12,14-17,22-23H2,1,3-6H3,(H,36,37)/b35-7-. The number of nitrogens with one attached hydrogen (secondary N) is 1. The van der Waals surface area contributed by atoms with Gasteiger partial charge in [-0.3, -0.25) is 9.98 Å². The molecule has 1 unspecified atom stereocenters. The zero-order valence-corrected chi connectivity index (χ0v) is 25.0. The van der Waals surface area contributed by atoms with Gasteiger partial charge in [-0.05, 0) is 104 Å². The molecule has 2 aromatic carbocycles. The number of anilines is 1. The van der Waals surface area contributed by atoms with E-state index in [4.69, 9.17) is 9.73 Å². The van der Waals surface area contributed by atoms with Crippen LogP contribution in [0.2, 0.25) is 0 Å². The molecule has 2 aromatic rings. The van der Waals surface area contributed by atoms with E-state index in [0.717, 1.165) is 86.0 Å². The number of amidine groups is 1. The second-order valence-corrected chi connectivity index (χ2v) is 12.0. The van der Waals surface area contributed by atoms with Crippen molar-refractivity contribution in [1.29, 1.82) is 0 Å². The fourth-order valence-electron chi connectivity index (χ4n) is 5.40. The van der Waals surface area contributed by atoms with Crippen LogP contribution in [0.15, 0.2) is 64.6 Å². The van der Waals surface area contributed by atoms with Crippen LogP contribution in [0.1, 0.15) is 63.6 Å². The van der Waals surface area contributed by atoms with Crippen molar-refractivity contribution < 1.29 is 9.84 Å². The Bertz CT molecular complexity index is 1290. The molecule has 2 N–H and O–H groups in total. The monoisotopic (exact) mass is 542 g/mol. The molecule has 0 bridgehead atoms. The molecule has 2 aliphatic heterocycles. The number of unbranched alkanes of at least 4 members (excludes halogenated alkanes) is 1. The third kappa shape index (κ3) is 7.92. The Kier molecular flexibility index (Phi) is 9.99. The number of allylic oxidation sites excluding steroid dienone is 1. The minimum atomic E-state index is -0.158. The van der Waals surface area contributed by atoms with Crippen LogP contribution in [0.25, 0.3) is 5.57 Å². The smallest absolute Gasteiger partial charge is 0.125 e. The van der Waals surface area contributed by atoms with Gasteiger partial charge >= 0.3 is 0 Å². The van der Waals surface area contributed by atoms with Gasteiger partial charge in [-0.1, -0.05) is 39.5 Å². The maximum atomic E-state index is 9.76. The first kappa shape index (κ1) is 29.8. The first-order chi connectivity index (χ1) is 19.2. The molecule has 1 atom stereocenters. The Labute approximate surface area is 240 Å². The average molecular weight is 543 g/mol. The molecule has 1 fully saturated rings. The van der Waals surface area contributed by atoms with E-state index in [1.165, 1.54) is 16.7 Å². The zero-order valence-electron chi connectivity index (χ0n) is 25.0. The summed E-state index contributed by atoms with van der Waals surface area (Å²) in [7, 11) is 1.74. The van der Waals surface area contributed by atoms with Crippen LogP contribution in [-0.2, 0) is 12.8 Å². The second kappa shape index (κ2) is 13.4. The number of rotatable bonds is 11. The molecule has 0 radical (unpaired) electrons. The maximum absolute atomic E-state index is 9.76. The predicted octanol–water partition coefficient (Wildman–Crippen LogP) is 6.86. The Balaban J connectivity index is 1.43. The summed E-state index contributed by atoms with van der Waals surface area (Å²) >= 11 is 0. The predicted molar refractivity (Wildman–Crippen MR) is 169 cm³/mol. The lowest BCUT2D eigenvalue weighted by molar-refractivity contribution is 0.176. The summed E-state index contributed by atoms with van der Waals surface area (Å²) in [6.45, 7) is 16.7. The quantitative estimate of drug-likeness (QED) is 0.240. The van der Waals surface area contributed by atoms with Gasteiger partial charge < -0.3 is 20.1 Å². The van der Waals surface area contributed by atoms with Crippen LogP contribution in [0, 0.1) is 5.41 Å². The van der Waals surface area contributed by atoms with Crippen LogP contribution in [0.5, 0.6) is 5.75 Å². The molecule has 0 spiro atoms. The SMILES string of the molecule is C=C(Cc1cccc(NC2=NCC(C(C)(C)C)=C2)c1)c1cc(OC)c(CCCCN2CCC(O)C2)cc1/N=C\C. The van der Waals surface area contributed by atoms with Crippen LogP contribution >= 0.6 is 0 Å². The lowest BCUT2D eigenvalue weighted by atomic mass is 9.87. The fraction of sp³-hybridized carbons (Fsp3) is 0.471. The van der Waals surface area contributed by atoms with E-state index in [0.29, 0.717) is 6.42 Å². The third-order valence-electron chi connectivity index (χ3n) is 7.78. The molecule has 0 amide bonds. The highest BCUT2D eigenvalue weighted by atomic mass is 16.5. The van der Waals surface area contributed by atoms with Gasteiger partial charge in [-0.25, -0.2) is 0 Å². The number of aliphatic hydroxyl groups excluding tert-OH is 1. The van der Waals surface area contributed by atoms with E-state index in [1.54, 1.807) is 7.11 Å². The van der Waals surface area contributed by atoms with Gasteiger partial charge in [0.25, 0.3) is 0 Å². The molecule has 0 aromatic heterocycles. The third-order valence-corrected chi connectivity index (χ3v) is 7.78. The van der Waals surface area contributed by atoms with E-state index in [2.05, 4.69) is 85.0 Å². The fourth-order valence-corrected chi connectivity index (χ4v) is 5.40. The summed E-state index contributed by atoms with van der Waals surface area (Å²) < 4.78 is 5.82. The number of β-amino-alcohol motifs (C(OH)–C–C–N with tert-alkyl or cyclic N) is 1. The highest BCUT2D eigenvalue weighted by Gasteiger charge is 2.21. The highest BCUT2D eigenvalue weighted by molar-refractivity contribution is 6.05. The van der Waals surface area contributed by atoms with E-state index in [1.807, 2.05) is 13.1 Å². The van der Waals surface area contributed by atoms with Crippen molar-refractivity contribution in [2.75, 3.05) is 38.6 Å². The Morgan fingerprint density at radius 3 is 2.75 bits per heavy atom. The van der Waals surface area contributed by atoms with Gasteiger partial charge in [-0.15, -0.1) is 0 Å². The number of benzene rings is 2. The number of likely N-dealkylation sites (tertiary alicyclic amines) is 1. The molecular formula is C34H46N4O2. The first-order valence-electron chi connectivity index (χ1n) is 14.6. The van der Waals surface area contributed by atoms with Gasteiger partial charge in [0.15, 0.2) is 0 Å². The van der Waals surface area contributed by atoms with Gasteiger partial charge in [0.05, 0.1) is 25.4 Å². The molecule has 1 saturated heterocycles. The van der Waals surface area contributed by atoms with Crippen molar-refractivity contribution in [2.45, 2.75) is 65.9 Å². The topological polar surface area (TPSA) is 69.5 Å². The van der Waals surface area contributed by atoms with Gasteiger partial charge in [-0.2, -0.15) is 0 Å². The largest absolute Gasteiger partial charge is 0.496 e. The molecule has 6 heteroatoms. The van der Waals surface area contributed by atoms with Gasteiger partial charge in [0.1, 0.15) is 11.6 Å². The summed E-state index contributed by atoms with van der Waals surface area (Å²) in [6.07, 6.45) is 8.55. The van der Waals surface area contributed by atoms with Crippen molar-refractivity contribution >= 4 is 29.0 Å². The van der Waals surface area contributed by atoms with Crippen LogP contribution in [0.4, 0.5) is 11.4 Å². The molecule has 4 rings (SSSR count). The number of aliphatic imine (C=N–C) groups is 2. The number of ether oxygens (including phenoxy) is 1. The highest BCUT2D eigenvalue weighted by Crippen LogP contribution is 2.35. The second-order valence-electron chi connectivity index (χ2n) is 12.0. The van der Waals surface area contributed by atoms with Gasteiger partial charge in [0.2, 0.25) is 0 Å². The van der Waals surface area contributed by atoms with E-state index in [-0.39, 0.29) is 11.5 Å². The Hall–Kier alpha value is -3.22. The van der Waals surface area contributed by atoms with Gasteiger partial charge in [0, 0.05) is 30.6 Å². The number of aryl methyl sites for hydroxylation is 1. The summed E-state index contributed by atoms with van der Waals surface area (Å²) in [5.41, 5.74) is 7.79. The lowest BCUT2D eigenvalue weighted by Crippen LogP contribution is -2.23. The summed E-state index contributed by atoms with van der Waals surface area (Å²) in [5, 5.41) is 13.2. The van der Waals surface area contributed by atoms with Crippen molar-refractivity contribution in [1.82, 2.24) is 4.90 Å². The summed E-state index contributed by atoms with van der Waals surface area (Å²) in [4.78, 5) is 11.7. The molecular weight excluding hydrogens is 496 g/mol. The summed E-state index contributed by atoms with van der Waals surface area (Å²) in [5.74, 6) is 1.80. The normalized spacial score (nSPS) is 17.8. The Morgan fingerprint density at radius 1 is 1.25 bits per heavy atom. The van der Waals surface area contributed by atoms with Crippen molar-refractivity contribution in [2.24, 2.45) is 15.4 Å². The molecule has 0 saturated carbocycles. The molecule has 2 aliphatic rings. The minimum Gasteiger partial charge on any atom is -0.496 e. The number of nitrogens with zero attached hydrogens (tertiary/aromatic N) is 3. The van der Waals surface area contributed by atoms with E-state index >= 15 is 0 Å². The zero-order chi connectivity index (χ0) is 28.7. The number of hydrogen-bond donors (Lipinski definition) is 2. The maximum Gasteiger partial charge on any atom is 0.125 e. The van der Waals surface area contributed by atoms with Crippen molar-refractivity contribution in [3.8, 4) is 5.75 Å². The van der Waals surface area contributed by atoms with Crippen LogP contribution < -0.4 is 10.1 Å². The summed E-state index contributed by atoms with van der Waals surface area (Å²) in [6, 6.07) is 12.7. The Morgan fingerprint density at radius 2 is 2.08 bits per heavy atom. The van der Waals surface area contributed by atoms with Crippen LogP contribution in [0.3, 0.4) is 0 Å². The molecule has 2 heterocycles. The lowest BCUT2D eigenvalue weighted by Gasteiger charge is -2.18. The van der Waals surface area contributed by atoms with E-state index < -0.39 is 0 Å². The number of methoxy groups -OCH3 is 1. The molecule has 214 valence electrons. The molecule has 0 aliphatic carbocycles. The molecule has 40 heavy (non-hydrogen) atoms. The number of aliphatic hydroxyl groups is 1. The molecule has 6 nitrogen and oxygen atoms in total. The van der Waals surface area contributed by atoms with Crippen molar-refractivity contribution in [3.63, 3.8) is 0 Å². The minimum absolute atomic E-state index is 0.125. The number of hydrogen-bond acceptors (Lipinski definition) is 6. The van der Waals surface area contributed by atoms with Crippen molar-refractivity contribution in [3.05, 3.63) is 71.3 Å². The van der Waals surface area contributed by atoms with E-state index in [9.17, 15) is 5.11 Å². The average Bonchev–Trinajstić information content (AvgIpc) is 3.56. The van der Waals surface area contributed by atoms with Crippen LogP contribution in [-0.4, -0.2) is 61.4 Å². The first-order valence-corrected chi connectivity index (χ1v) is 14.6.